The fourth-order valence-corrected chi connectivity index (χ4v) is 2.29. The van der Waals surface area contributed by atoms with Crippen LogP contribution in [-0.2, 0) is 4.74 Å². The summed E-state index contributed by atoms with van der Waals surface area (Å²) in [6, 6.07) is -0.454. The fraction of sp³-hybridized carbons (Fsp3) is 0.900. The molecule has 0 saturated carbocycles. The van der Waals surface area contributed by atoms with Crippen LogP contribution in [0.4, 0.5) is 4.79 Å². The summed E-state index contributed by atoms with van der Waals surface area (Å²) in [7, 11) is 4.21. The second-order valence-electron chi connectivity index (χ2n) is 4.65. The largest absolute Gasteiger partial charge is 1.00 e. The standard InChI is InChI=1S/C10H21N3O2.2ClH/c1-4-10(12-9(11)14)5-7-15-8-6-13(10,2)3;;/h4-8H2,1-3H3,(H2-,11,12,14);2*1H. The van der Waals surface area contributed by atoms with Gasteiger partial charge >= 0.3 is 6.03 Å². The molecule has 1 heterocycles. The lowest BCUT2D eigenvalue weighted by Gasteiger charge is -2.46. The van der Waals surface area contributed by atoms with Gasteiger partial charge in [0, 0.05) is 12.8 Å². The van der Waals surface area contributed by atoms with Crippen LogP contribution in [-0.4, -0.2) is 50.0 Å². The molecule has 5 nitrogen and oxygen atoms in total. The first-order valence-electron chi connectivity index (χ1n) is 5.42. The monoisotopic (exact) mass is 287 g/mol. The van der Waals surface area contributed by atoms with E-state index in [2.05, 4.69) is 26.3 Å². The third kappa shape index (κ3) is 4.17. The Hall–Kier alpha value is -0.230. The number of hydrogen-bond acceptors (Lipinski definition) is 2. The van der Waals surface area contributed by atoms with Gasteiger partial charge < -0.3 is 27.4 Å². The van der Waals surface area contributed by atoms with Crippen LogP contribution in [0, 0.1) is 0 Å². The number of hydrogen-bond donors (Lipinski definition) is 2. The van der Waals surface area contributed by atoms with Gasteiger partial charge in [0.25, 0.3) is 0 Å². The van der Waals surface area contributed by atoms with E-state index in [0.29, 0.717) is 11.1 Å². The Kier molecular flexibility index (Phi) is 8.16. The van der Waals surface area contributed by atoms with Crippen LogP contribution in [0.5, 0.6) is 0 Å². The molecule has 0 bridgehead atoms. The molecule has 1 rings (SSSR count). The van der Waals surface area contributed by atoms with Gasteiger partial charge in [0.15, 0.2) is 5.66 Å². The zero-order valence-corrected chi connectivity index (χ0v) is 12.2. The molecule has 104 valence electrons. The number of quaternary nitrogens is 1. The summed E-state index contributed by atoms with van der Waals surface area (Å²) in [5.74, 6) is 0. The van der Waals surface area contributed by atoms with Crippen molar-refractivity contribution in [2.24, 2.45) is 5.73 Å². The highest BCUT2D eigenvalue weighted by molar-refractivity contribution is 5.85. The van der Waals surface area contributed by atoms with E-state index >= 15 is 0 Å². The van der Waals surface area contributed by atoms with Crippen molar-refractivity contribution in [2.45, 2.75) is 25.4 Å². The Morgan fingerprint density at radius 3 is 2.53 bits per heavy atom. The van der Waals surface area contributed by atoms with E-state index < -0.39 is 6.03 Å². The van der Waals surface area contributed by atoms with Crippen LogP contribution in [0.15, 0.2) is 0 Å². The smallest absolute Gasteiger partial charge is 0.316 e. The fourth-order valence-electron chi connectivity index (χ4n) is 2.29. The number of primary amides is 1. The van der Waals surface area contributed by atoms with Crippen LogP contribution < -0.4 is 23.5 Å². The number of halogens is 2. The van der Waals surface area contributed by atoms with E-state index in [1.165, 1.54) is 0 Å². The number of carbonyl (C=O) groups is 1. The van der Waals surface area contributed by atoms with Crippen molar-refractivity contribution in [2.75, 3.05) is 33.9 Å². The van der Waals surface area contributed by atoms with Crippen molar-refractivity contribution in [3.8, 4) is 0 Å². The molecule has 1 unspecified atom stereocenters. The molecule has 17 heavy (non-hydrogen) atoms. The lowest BCUT2D eigenvalue weighted by Crippen LogP contribution is -3.00. The van der Waals surface area contributed by atoms with Gasteiger partial charge in [-0.05, 0) is 0 Å². The van der Waals surface area contributed by atoms with E-state index in [0.717, 1.165) is 26.0 Å². The summed E-state index contributed by atoms with van der Waals surface area (Å²) in [5, 5.41) is 2.91. The van der Waals surface area contributed by atoms with Gasteiger partial charge in [-0.3, -0.25) is 5.32 Å². The Morgan fingerprint density at radius 1 is 1.47 bits per heavy atom. The second-order valence-corrected chi connectivity index (χ2v) is 4.65. The minimum absolute atomic E-state index is 0. The molecule has 1 aliphatic rings. The van der Waals surface area contributed by atoms with Gasteiger partial charge in [-0.15, -0.1) is 12.4 Å². The van der Waals surface area contributed by atoms with Gasteiger partial charge in [0.2, 0.25) is 0 Å². The number of carbonyl (C=O) groups excluding carboxylic acids is 1. The Bertz CT molecular complexity index is 252. The zero-order valence-electron chi connectivity index (χ0n) is 10.7. The highest BCUT2D eigenvalue weighted by Gasteiger charge is 2.45. The molecule has 0 aliphatic carbocycles. The number of likely N-dealkylation sites (N-methyl/N-ethyl adjacent to an activating group) is 1. The Labute approximate surface area is 115 Å². The molecule has 2 amide bonds. The van der Waals surface area contributed by atoms with E-state index in [1.807, 2.05) is 0 Å². The van der Waals surface area contributed by atoms with E-state index in [9.17, 15) is 4.79 Å². The summed E-state index contributed by atoms with van der Waals surface area (Å²) < 4.78 is 6.18. The molecule has 7 heteroatoms. The molecule has 0 aromatic rings. The average Bonchev–Trinajstić information content (AvgIpc) is 2.26. The zero-order chi connectivity index (χ0) is 11.5. The average molecular weight is 288 g/mol. The van der Waals surface area contributed by atoms with Gasteiger partial charge in [0.05, 0.1) is 27.3 Å². The molecule has 1 aliphatic heterocycles. The summed E-state index contributed by atoms with van der Waals surface area (Å²) in [5.41, 5.74) is 4.97. The maximum atomic E-state index is 11.1. The minimum Gasteiger partial charge on any atom is -1.00 e. The lowest BCUT2D eigenvalue weighted by molar-refractivity contribution is -0.943. The highest BCUT2D eigenvalue weighted by atomic mass is 35.5. The van der Waals surface area contributed by atoms with E-state index in [1.54, 1.807) is 0 Å². The number of urea groups is 1. The maximum absolute atomic E-state index is 11.1. The first-order chi connectivity index (χ1) is 6.93. The quantitative estimate of drug-likeness (QED) is 0.561. The molecular formula is C10H23Cl2N3O2. The first-order valence-corrected chi connectivity index (χ1v) is 5.42. The number of nitrogens with zero attached hydrogens (tertiary/aromatic N) is 1. The highest BCUT2D eigenvalue weighted by Crippen LogP contribution is 2.27. The van der Waals surface area contributed by atoms with Crippen LogP contribution in [0.3, 0.4) is 0 Å². The SMILES string of the molecule is CCC1(NC(N)=O)CCOCC[N+]1(C)C.Cl.[Cl-]. The minimum atomic E-state index is -0.454. The van der Waals surface area contributed by atoms with E-state index in [-0.39, 0.29) is 30.5 Å². The molecule has 0 aromatic carbocycles. The molecular weight excluding hydrogens is 265 g/mol. The van der Waals surface area contributed by atoms with Crippen molar-refractivity contribution >= 4 is 18.4 Å². The van der Waals surface area contributed by atoms with E-state index in [4.69, 9.17) is 10.5 Å². The lowest BCUT2D eigenvalue weighted by atomic mass is 9.99. The second kappa shape index (κ2) is 7.26. The molecule has 1 fully saturated rings. The number of rotatable bonds is 2. The van der Waals surface area contributed by atoms with Crippen LogP contribution in [0.25, 0.3) is 0 Å². The van der Waals surface area contributed by atoms with Crippen molar-refractivity contribution in [1.82, 2.24) is 5.32 Å². The third-order valence-corrected chi connectivity index (χ3v) is 3.55. The van der Waals surface area contributed by atoms with Crippen LogP contribution in [0.1, 0.15) is 19.8 Å². The van der Waals surface area contributed by atoms with Gasteiger partial charge in [-0.1, -0.05) is 6.92 Å². The normalized spacial score (nSPS) is 27.0. The predicted octanol–water partition coefficient (Wildman–Crippen LogP) is -2.32. The molecule has 1 saturated heterocycles. The van der Waals surface area contributed by atoms with Crippen molar-refractivity contribution in [1.29, 1.82) is 0 Å². The Balaban J connectivity index is 0. The molecule has 1 atom stereocenters. The van der Waals surface area contributed by atoms with Crippen molar-refractivity contribution in [3.05, 3.63) is 0 Å². The Morgan fingerprint density at radius 2 is 2.06 bits per heavy atom. The molecule has 0 radical (unpaired) electrons. The molecule has 0 spiro atoms. The van der Waals surface area contributed by atoms with Crippen molar-refractivity contribution in [3.63, 3.8) is 0 Å². The summed E-state index contributed by atoms with van der Waals surface area (Å²) in [6.45, 7) is 4.36. The summed E-state index contributed by atoms with van der Waals surface area (Å²) in [6.07, 6.45) is 1.66. The number of ether oxygens (including phenoxy) is 1. The van der Waals surface area contributed by atoms with Crippen LogP contribution in [0.2, 0.25) is 0 Å². The van der Waals surface area contributed by atoms with Crippen LogP contribution >= 0.6 is 12.4 Å². The predicted molar refractivity (Wildman–Crippen MR) is 65.4 cm³/mol. The van der Waals surface area contributed by atoms with Gasteiger partial charge in [-0.2, -0.15) is 0 Å². The van der Waals surface area contributed by atoms with Crippen molar-refractivity contribution < 1.29 is 26.4 Å². The third-order valence-electron chi connectivity index (χ3n) is 3.55. The summed E-state index contributed by atoms with van der Waals surface area (Å²) >= 11 is 0. The maximum Gasteiger partial charge on any atom is 0.316 e. The molecule has 0 aromatic heterocycles. The number of nitrogens with two attached hydrogens (primary N) is 1. The summed E-state index contributed by atoms with van der Waals surface area (Å²) in [4.78, 5) is 11.1. The number of nitrogens with one attached hydrogen (secondary N) is 1. The van der Waals surface area contributed by atoms with Gasteiger partial charge in [-0.25, -0.2) is 4.79 Å². The van der Waals surface area contributed by atoms with Gasteiger partial charge in [0.1, 0.15) is 6.54 Å². The number of amides is 2. The first kappa shape index (κ1) is 19.1. The topological polar surface area (TPSA) is 64.3 Å². The molecule has 3 N–H and O–H groups in total.